The number of halogens is 2. The van der Waals surface area contributed by atoms with E-state index in [1.165, 1.54) is 0 Å². The number of alkyl halides is 1. The maximum Gasteiger partial charge on any atom is 0.124 e. The molecule has 0 aliphatic rings. The van der Waals surface area contributed by atoms with E-state index in [0.717, 1.165) is 30.0 Å². The molecule has 1 atom stereocenters. The Morgan fingerprint density at radius 1 is 1.44 bits per heavy atom. The maximum atomic E-state index is 5.98. The monoisotopic (exact) mass is 286 g/mol. The number of benzene rings is 1. The van der Waals surface area contributed by atoms with Gasteiger partial charge >= 0.3 is 0 Å². The topological polar surface area (TPSA) is 27.1 Å². The van der Waals surface area contributed by atoms with E-state index in [1.54, 1.807) is 7.11 Å². The van der Waals surface area contributed by atoms with Crippen LogP contribution in [-0.4, -0.2) is 23.3 Å². The first-order valence-electron chi connectivity index (χ1n) is 5.85. The van der Waals surface area contributed by atoms with Crippen molar-refractivity contribution in [2.75, 3.05) is 13.7 Å². The van der Waals surface area contributed by atoms with Crippen molar-refractivity contribution in [2.24, 2.45) is 5.92 Å². The summed E-state index contributed by atoms with van der Waals surface area (Å²) < 4.78 is 7.31. The van der Waals surface area contributed by atoms with Crippen LogP contribution in [0.25, 0.3) is 11.0 Å². The second-order valence-corrected chi connectivity index (χ2v) is 5.17. The van der Waals surface area contributed by atoms with Crippen molar-refractivity contribution in [2.45, 2.75) is 19.3 Å². The molecule has 2 aromatic rings. The first kappa shape index (κ1) is 13.7. The predicted octanol–water partition coefficient (Wildman–Crippen LogP) is 3.71. The van der Waals surface area contributed by atoms with Gasteiger partial charge in [-0.1, -0.05) is 18.5 Å². The SMILES string of the molecule is COCC(C)Cn1c(CCl)nc2cc(Cl)ccc21. The number of aromatic nitrogens is 2. The summed E-state index contributed by atoms with van der Waals surface area (Å²) in [5.41, 5.74) is 1.96. The summed E-state index contributed by atoms with van der Waals surface area (Å²) >= 11 is 11.9. The van der Waals surface area contributed by atoms with Gasteiger partial charge in [0.1, 0.15) is 5.82 Å². The summed E-state index contributed by atoms with van der Waals surface area (Å²) in [4.78, 5) is 4.51. The zero-order valence-corrected chi connectivity index (χ0v) is 12.0. The number of imidazole rings is 1. The lowest BCUT2D eigenvalue weighted by atomic mass is 10.2. The molecule has 0 amide bonds. The highest BCUT2D eigenvalue weighted by Crippen LogP contribution is 2.22. The van der Waals surface area contributed by atoms with Gasteiger partial charge in [-0.05, 0) is 24.1 Å². The van der Waals surface area contributed by atoms with Crippen LogP contribution in [0.15, 0.2) is 18.2 Å². The summed E-state index contributed by atoms with van der Waals surface area (Å²) in [6.45, 7) is 3.70. The van der Waals surface area contributed by atoms with Crippen LogP contribution < -0.4 is 0 Å². The Labute approximate surface area is 117 Å². The van der Waals surface area contributed by atoms with Gasteiger partial charge in [0.25, 0.3) is 0 Å². The lowest BCUT2D eigenvalue weighted by Gasteiger charge is -2.13. The van der Waals surface area contributed by atoms with Gasteiger partial charge in [0.2, 0.25) is 0 Å². The molecule has 0 aliphatic heterocycles. The van der Waals surface area contributed by atoms with Crippen molar-refractivity contribution >= 4 is 34.2 Å². The number of ether oxygens (including phenoxy) is 1. The zero-order chi connectivity index (χ0) is 13.1. The molecule has 18 heavy (non-hydrogen) atoms. The number of hydrogen-bond acceptors (Lipinski definition) is 2. The average molecular weight is 287 g/mol. The highest BCUT2D eigenvalue weighted by molar-refractivity contribution is 6.31. The maximum absolute atomic E-state index is 5.98. The Morgan fingerprint density at radius 2 is 2.22 bits per heavy atom. The van der Waals surface area contributed by atoms with Gasteiger partial charge in [-0.3, -0.25) is 0 Å². The van der Waals surface area contributed by atoms with Crippen LogP contribution in [0.1, 0.15) is 12.7 Å². The largest absolute Gasteiger partial charge is 0.384 e. The lowest BCUT2D eigenvalue weighted by molar-refractivity contribution is 0.151. The summed E-state index contributed by atoms with van der Waals surface area (Å²) in [5.74, 6) is 1.67. The fraction of sp³-hybridized carbons (Fsp3) is 0.462. The second-order valence-electron chi connectivity index (χ2n) is 4.47. The summed E-state index contributed by atoms with van der Waals surface area (Å²) in [7, 11) is 1.71. The van der Waals surface area contributed by atoms with E-state index in [0.29, 0.717) is 16.8 Å². The molecule has 0 radical (unpaired) electrons. The minimum absolute atomic E-state index is 0.395. The summed E-state index contributed by atoms with van der Waals surface area (Å²) in [5, 5.41) is 0.693. The van der Waals surface area contributed by atoms with Gasteiger partial charge in [-0.2, -0.15) is 0 Å². The number of fused-ring (bicyclic) bond motifs is 1. The molecular weight excluding hydrogens is 271 g/mol. The molecular formula is C13H16Cl2N2O. The summed E-state index contributed by atoms with van der Waals surface area (Å²) in [6, 6.07) is 5.73. The van der Waals surface area contributed by atoms with E-state index >= 15 is 0 Å². The van der Waals surface area contributed by atoms with Gasteiger partial charge in [0.05, 0.1) is 23.5 Å². The first-order chi connectivity index (χ1) is 8.65. The highest BCUT2D eigenvalue weighted by atomic mass is 35.5. The Morgan fingerprint density at radius 3 is 2.89 bits per heavy atom. The molecule has 1 aromatic heterocycles. The van der Waals surface area contributed by atoms with Crippen LogP contribution in [0.5, 0.6) is 0 Å². The smallest absolute Gasteiger partial charge is 0.124 e. The van der Waals surface area contributed by atoms with Crippen molar-refractivity contribution < 1.29 is 4.74 Å². The van der Waals surface area contributed by atoms with Crippen molar-refractivity contribution in [1.29, 1.82) is 0 Å². The van der Waals surface area contributed by atoms with Gasteiger partial charge in [0.15, 0.2) is 0 Å². The predicted molar refractivity (Wildman–Crippen MR) is 75.3 cm³/mol. The lowest BCUT2D eigenvalue weighted by Crippen LogP contribution is -2.14. The van der Waals surface area contributed by atoms with Crippen molar-refractivity contribution in [3.8, 4) is 0 Å². The molecule has 3 nitrogen and oxygen atoms in total. The third-order valence-corrected chi connectivity index (χ3v) is 3.33. The van der Waals surface area contributed by atoms with E-state index in [4.69, 9.17) is 27.9 Å². The Balaban J connectivity index is 2.40. The molecule has 98 valence electrons. The number of methoxy groups -OCH3 is 1. The van der Waals surface area contributed by atoms with Crippen molar-refractivity contribution in [1.82, 2.24) is 9.55 Å². The number of rotatable bonds is 5. The minimum atomic E-state index is 0.395. The fourth-order valence-electron chi connectivity index (χ4n) is 2.11. The zero-order valence-electron chi connectivity index (χ0n) is 10.5. The second kappa shape index (κ2) is 5.91. The van der Waals surface area contributed by atoms with Crippen LogP contribution in [0.4, 0.5) is 0 Å². The number of hydrogen-bond donors (Lipinski definition) is 0. The van der Waals surface area contributed by atoms with Crippen LogP contribution in [0.3, 0.4) is 0 Å². The van der Waals surface area contributed by atoms with Crippen LogP contribution in [0.2, 0.25) is 5.02 Å². The molecule has 0 saturated heterocycles. The molecule has 0 N–H and O–H groups in total. The Kier molecular flexibility index (Phi) is 4.49. The molecule has 0 saturated carbocycles. The molecule has 0 bridgehead atoms. The summed E-state index contributed by atoms with van der Waals surface area (Å²) in [6.07, 6.45) is 0. The highest BCUT2D eigenvalue weighted by Gasteiger charge is 2.12. The molecule has 0 aliphatic carbocycles. The molecule has 1 unspecified atom stereocenters. The fourth-order valence-corrected chi connectivity index (χ4v) is 2.48. The van der Waals surface area contributed by atoms with E-state index in [-0.39, 0.29) is 0 Å². The van der Waals surface area contributed by atoms with Crippen LogP contribution in [-0.2, 0) is 17.2 Å². The van der Waals surface area contributed by atoms with Gasteiger partial charge in [-0.15, -0.1) is 11.6 Å². The third kappa shape index (κ3) is 2.79. The van der Waals surface area contributed by atoms with Crippen molar-refractivity contribution in [3.05, 3.63) is 29.0 Å². The molecule has 5 heteroatoms. The standard InChI is InChI=1S/C13H16Cl2N2O/c1-9(8-18-2)7-17-12-4-3-10(15)5-11(12)16-13(17)6-14/h3-5,9H,6-8H2,1-2H3. The molecule has 1 heterocycles. The Bertz CT molecular complexity index is 539. The van der Waals surface area contributed by atoms with E-state index in [9.17, 15) is 0 Å². The number of nitrogens with zero attached hydrogens (tertiary/aromatic N) is 2. The molecule has 1 aromatic carbocycles. The third-order valence-electron chi connectivity index (χ3n) is 2.85. The quantitative estimate of drug-likeness (QED) is 0.784. The molecule has 2 rings (SSSR count). The van der Waals surface area contributed by atoms with Gasteiger partial charge in [0, 0.05) is 18.7 Å². The molecule has 0 spiro atoms. The normalized spacial score (nSPS) is 13.1. The van der Waals surface area contributed by atoms with Crippen molar-refractivity contribution in [3.63, 3.8) is 0 Å². The van der Waals surface area contributed by atoms with E-state index in [1.807, 2.05) is 18.2 Å². The first-order valence-corrected chi connectivity index (χ1v) is 6.76. The van der Waals surface area contributed by atoms with Gasteiger partial charge < -0.3 is 9.30 Å². The van der Waals surface area contributed by atoms with Gasteiger partial charge in [-0.25, -0.2) is 4.98 Å². The van der Waals surface area contributed by atoms with Crippen LogP contribution >= 0.6 is 23.2 Å². The van der Waals surface area contributed by atoms with E-state index in [2.05, 4.69) is 16.5 Å². The van der Waals surface area contributed by atoms with Crippen LogP contribution in [0, 0.1) is 5.92 Å². The molecule has 0 fully saturated rings. The average Bonchev–Trinajstić information content (AvgIpc) is 2.66. The van der Waals surface area contributed by atoms with E-state index < -0.39 is 0 Å². The Hall–Kier alpha value is -0.770. The minimum Gasteiger partial charge on any atom is -0.384 e.